The monoisotopic (exact) mass is 320 g/mol. The van der Waals surface area contributed by atoms with Crippen LogP contribution in [0.2, 0.25) is 0 Å². The van der Waals surface area contributed by atoms with E-state index in [0.717, 1.165) is 4.47 Å². The van der Waals surface area contributed by atoms with Gasteiger partial charge in [-0.05, 0) is 28.4 Å². The Morgan fingerprint density at radius 3 is 2.94 bits per heavy atom. The van der Waals surface area contributed by atoms with Crippen LogP contribution >= 0.6 is 15.9 Å². The average Bonchev–Trinajstić information content (AvgIpc) is 2.58. The number of aromatic nitrogens is 1. The first-order chi connectivity index (χ1) is 8.08. The molecule has 0 bridgehead atoms. The van der Waals surface area contributed by atoms with Crippen molar-refractivity contribution in [3.8, 4) is 5.75 Å². The molecule has 1 aliphatic rings. The molecule has 94 valence electrons. The minimum Gasteiger partial charge on any atom is -0.491 e. The van der Waals surface area contributed by atoms with Gasteiger partial charge in [0, 0.05) is 23.8 Å². The molecule has 1 aliphatic heterocycles. The van der Waals surface area contributed by atoms with E-state index in [1.807, 2.05) is 0 Å². The zero-order valence-corrected chi connectivity index (χ0v) is 11.6. The molecule has 0 amide bonds. The van der Waals surface area contributed by atoms with Crippen molar-refractivity contribution in [2.24, 2.45) is 0 Å². The highest BCUT2D eigenvalue weighted by molar-refractivity contribution is 9.10. The van der Waals surface area contributed by atoms with Gasteiger partial charge in [0.05, 0.1) is 11.9 Å². The fourth-order valence-electron chi connectivity index (χ4n) is 1.68. The van der Waals surface area contributed by atoms with E-state index in [0.29, 0.717) is 31.9 Å². The molecule has 2 rings (SSSR count). The Kier molecular flexibility index (Phi) is 4.01. The van der Waals surface area contributed by atoms with Crippen LogP contribution in [0.5, 0.6) is 5.75 Å². The van der Waals surface area contributed by atoms with Crippen molar-refractivity contribution in [2.45, 2.75) is 6.42 Å². The molecule has 0 aromatic carbocycles. The second-order valence-corrected chi connectivity index (χ2v) is 6.76. The molecule has 5 nitrogen and oxygen atoms in total. The first kappa shape index (κ1) is 12.8. The number of sulfonamides is 1. The number of pyridine rings is 1. The quantitative estimate of drug-likeness (QED) is 0.838. The SMILES string of the molecule is O=S1(=O)CCCN1CCOc1cncc(Br)c1. The van der Waals surface area contributed by atoms with Crippen molar-refractivity contribution >= 4 is 26.0 Å². The van der Waals surface area contributed by atoms with Crippen LogP contribution in [0.4, 0.5) is 0 Å². The highest BCUT2D eigenvalue weighted by atomic mass is 79.9. The maximum Gasteiger partial charge on any atom is 0.214 e. The molecule has 1 aromatic heterocycles. The van der Waals surface area contributed by atoms with Crippen molar-refractivity contribution in [1.29, 1.82) is 0 Å². The van der Waals surface area contributed by atoms with Crippen LogP contribution in [0.3, 0.4) is 0 Å². The maximum atomic E-state index is 11.5. The van der Waals surface area contributed by atoms with Gasteiger partial charge in [-0.25, -0.2) is 8.42 Å². The van der Waals surface area contributed by atoms with Gasteiger partial charge < -0.3 is 4.74 Å². The van der Waals surface area contributed by atoms with E-state index in [1.165, 1.54) is 4.31 Å². The molecule has 0 N–H and O–H groups in total. The highest BCUT2D eigenvalue weighted by Gasteiger charge is 2.27. The summed E-state index contributed by atoms with van der Waals surface area (Å²) in [5.74, 6) is 0.891. The third kappa shape index (κ3) is 3.40. The Labute approximate surface area is 109 Å². The van der Waals surface area contributed by atoms with E-state index >= 15 is 0 Å². The van der Waals surface area contributed by atoms with Crippen LogP contribution in [-0.2, 0) is 10.0 Å². The fraction of sp³-hybridized carbons (Fsp3) is 0.500. The molecule has 7 heteroatoms. The number of nitrogens with zero attached hydrogens (tertiary/aromatic N) is 2. The van der Waals surface area contributed by atoms with Gasteiger partial charge >= 0.3 is 0 Å². The van der Waals surface area contributed by atoms with E-state index in [1.54, 1.807) is 18.5 Å². The Morgan fingerprint density at radius 1 is 1.47 bits per heavy atom. The molecule has 0 unspecified atom stereocenters. The molecule has 1 aromatic rings. The second-order valence-electron chi connectivity index (χ2n) is 3.76. The third-order valence-electron chi connectivity index (χ3n) is 2.49. The predicted molar refractivity (Wildman–Crippen MR) is 67.4 cm³/mol. The summed E-state index contributed by atoms with van der Waals surface area (Å²) in [5.41, 5.74) is 0. The summed E-state index contributed by atoms with van der Waals surface area (Å²) >= 11 is 3.29. The minimum atomic E-state index is -3.02. The molecule has 0 radical (unpaired) electrons. The predicted octanol–water partition coefficient (Wildman–Crippen LogP) is 1.26. The van der Waals surface area contributed by atoms with Gasteiger partial charge in [0.15, 0.2) is 0 Å². The molecule has 0 saturated carbocycles. The second kappa shape index (κ2) is 5.32. The molecule has 0 aliphatic carbocycles. The number of hydrogen-bond acceptors (Lipinski definition) is 4. The molecule has 1 saturated heterocycles. The molecule has 2 heterocycles. The smallest absolute Gasteiger partial charge is 0.214 e. The Bertz CT molecular complexity index is 492. The van der Waals surface area contributed by atoms with Crippen LogP contribution in [0.1, 0.15) is 6.42 Å². The summed E-state index contributed by atoms with van der Waals surface area (Å²) in [6, 6.07) is 1.80. The van der Waals surface area contributed by atoms with Gasteiger partial charge in [-0.3, -0.25) is 4.98 Å². The third-order valence-corrected chi connectivity index (χ3v) is 4.88. The number of rotatable bonds is 4. The van der Waals surface area contributed by atoms with Gasteiger partial charge in [-0.15, -0.1) is 0 Å². The summed E-state index contributed by atoms with van der Waals surface area (Å²) in [6.45, 7) is 1.34. The maximum absolute atomic E-state index is 11.5. The molecule has 1 fully saturated rings. The molecular weight excluding hydrogens is 308 g/mol. The van der Waals surface area contributed by atoms with E-state index in [-0.39, 0.29) is 5.75 Å². The van der Waals surface area contributed by atoms with Crippen molar-refractivity contribution < 1.29 is 13.2 Å². The molecular formula is C10H13BrN2O3S. The Balaban J connectivity index is 1.84. The van der Waals surface area contributed by atoms with Crippen molar-refractivity contribution in [3.63, 3.8) is 0 Å². The molecule has 17 heavy (non-hydrogen) atoms. The highest BCUT2D eigenvalue weighted by Crippen LogP contribution is 2.16. The lowest BCUT2D eigenvalue weighted by Crippen LogP contribution is -2.30. The molecule has 0 atom stereocenters. The summed E-state index contributed by atoms with van der Waals surface area (Å²) in [7, 11) is -3.02. The normalized spacial score (nSPS) is 19.4. The van der Waals surface area contributed by atoms with Crippen LogP contribution in [0.15, 0.2) is 22.9 Å². The summed E-state index contributed by atoms with van der Waals surface area (Å²) in [6.07, 6.45) is 3.97. The van der Waals surface area contributed by atoms with Crippen molar-refractivity contribution in [1.82, 2.24) is 9.29 Å². The van der Waals surface area contributed by atoms with Crippen molar-refractivity contribution in [3.05, 3.63) is 22.9 Å². The Hall–Kier alpha value is -0.660. The number of halogens is 1. The van der Waals surface area contributed by atoms with Crippen LogP contribution in [-0.4, -0.2) is 43.2 Å². The zero-order chi connectivity index (χ0) is 12.3. The van der Waals surface area contributed by atoms with E-state index < -0.39 is 10.0 Å². The first-order valence-corrected chi connectivity index (χ1v) is 7.69. The lowest BCUT2D eigenvalue weighted by molar-refractivity contribution is 0.278. The van der Waals surface area contributed by atoms with Gasteiger partial charge in [-0.2, -0.15) is 4.31 Å². The van der Waals surface area contributed by atoms with Gasteiger partial charge in [-0.1, -0.05) is 0 Å². The van der Waals surface area contributed by atoms with E-state index in [9.17, 15) is 8.42 Å². The summed E-state index contributed by atoms with van der Waals surface area (Å²) in [5, 5.41) is 0. The fourth-order valence-corrected chi connectivity index (χ4v) is 3.53. The minimum absolute atomic E-state index is 0.255. The topological polar surface area (TPSA) is 59.5 Å². The van der Waals surface area contributed by atoms with Crippen molar-refractivity contribution in [2.75, 3.05) is 25.4 Å². The van der Waals surface area contributed by atoms with Gasteiger partial charge in [0.25, 0.3) is 0 Å². The van der Waals surface area contributed by atoms with Crippen LogP contribution < -0.4 is 4.74 Å². The van der Waals surface area contributed by atoms with Crippen LogP contribution in [0.25, 0.3) is 0 Å². The average molecular weight is 321 g/mol. The largest absolute Gasteiger partial charge is 0.491 e. The zero-order valence-electron chi connectivity index (χ0n) is 9.17. The van der Waals surface area contributed by atoms with Gasteiger partial charge in [0.2, 0.25) is 10.0 Å². The van der Waals surface area contributed by atoms with E-state index in [4.69, 9.17) is 4.74 Å². The summed E-state index contributed by atoms with van der Waals surface area (Å²) < 4.78 is 30.8. The summed E-state index contributed by atoms with van der Waals surface area (Å²) in [4.78, 5) is 3.96. The standard InChI is InChI=1S/C10H13BrN2O3S/c11-9-6-10(8-12-7-9)16-4-3-13-2-1-5-17(13,14)15/h6-8H,1-5H2. The number of ether oxygens (including phenoxy) is 1. The molecule has 0 spiro atoms. The lowest BCUT2D eigenvalue weighted by atomic mass is 10.4. The van der Waals surface area contributed by atoms with Crippen LogP contribution in [0, 0.1) is 0 Å². The van der Waals surface area contributed by atoms with E-state index in [2.05, 4.69) is 20.9 Å². The van der Waals surface area contributed by atoms with Gasteiger partial charge in [0.1, 0.15) is 12.4 Å². The first-order valence-electron chi connectivity index (χ1n) is 5.29. The lowest BCUT2D eigenvalue weighted by Gasteiger charge is -2.14. The number of hydrogen-bond donors (Lipinski definition) is 0. The Morgan fingerprint density at radius 2 is 2.29 bits per heavy atom.